The maximum atomic E-state index is 13.1. The van der Waals surface area contributed by atoms with Gasteiger partial charge in [-0.3, -0.25) is 9.59 Å². The molecule has 0 radical (unpaired) electrons. The zero-order valence-corrected chi connectivity index (χ0v) is 19.3. The Balaban J connectivity index is 1.28. The molecule has 1 aliphatic carbocycles. The maximum Gasteiger partial charge on any atom is 0.194 e. The smallest absolute Gasteiger partial charge is 0.194 e. The van der Waals surface area contributed by atoms with E-state index in [1.165, 1.54) is 4.70 Å². The average molecular weight is 468 g/mol. The van der Waals surface area contributed by atoms with E-state index in [1.54, 1.807) is 41.7 Å². The largest absolute Gasteiger partial charge is 0.289 e. The van der Waals surface area contributed by atoms with Gasteiger partial charge < -0.3 is 0 Å². The molecular weight excluding hydrogens is 450 g/mol. The number of thiazole rings is 1. The predicted octanol–water partition coefficient (Wildman–Crippen LogP) is 7.56. The third-order valence-corrected chi connectivity index (χ3v) is 7.73. The first kappa shape index (κ1) is 20.0. The van der Waals surface area contributed by atoms with Crippen LogP contribution in [0.25, 0.3) is 42.7 Å². The summed E-state index contributed by atoms with van der Waals surface area (Å²) in [5.74, 6) is -0.194. The molecule has 6 aromatic rings. The molecule has 7 rings (SSSR count). The topological polar surface area (TPSA) is 47.0 Å². The summed E-state index contributed by atoms with van der Waals surface area (Å²) in [6.45, 7) is 0. The van der Waals surface area contributed by atoms with Crippen molar-refractivity contribution in [2.24, 2.45) is 0 Å². The maximum absolute atomic E-state index is 13.1. The number of fused-ring (bicyclic) bond motifs is 4. The quantitative estimate of drug-likeness (QED) is 0.264. The molecule has 4 heteroatoms. The fourth-order valence-corrected chi connectivity index (χ4v) is 5.79. The molecular formula is C31H17NO2S. The number of hydrogen-bond donors (Lipinski definition) is 0. The van der Waals surface area contributed by atoms with Gasteiger partial charge in [-0.1, -0.05) is 66.7 Å². The molecule has 5 aromatic carbocycles. The minimum atomic E-state index is -0.0988. The molecule has 0 unspecified atom stereocenters. The van der Waals surface area contributed by atoms with Crippen LogP contribution in [0.4, 0.5) is 0 Å². The molecule has 3 nitrogen and oxygen atoms in total. The van der Waals surface area contributed by atoms with Gasteiger partial charge in [-0.25, -0.2) is 4.98 Å². The van der Waals surface area contributed by atoms with Gasteiger partial charge in [0.1, 0.15) is 5.01 Å². The number of carbonyl (C=O) groups excluding carboxylic acids is 2. The molecule has 164 valence electrons. The summed E-state index contributed by atoms with van der Waals surface area (Å²) in [4.78, 5) is 30.8. The molecule has 0 N–H and O–H groups in total. The number of nitrogens with zero attached hydrogens (tertiary/aromatic N) is 1. The summed E-state index contributed by atoms with van der Waals surface area (Å²) in [5, 5.41) is 3.25. The van der Waals surface area contributed by atoms with Crippen molar-refractivity contribution in [2.45, 2.75) is 0 Å². The Morgan fingerprint density at radius 3 is 1.86 bits per heavy atom. The highest BCUT2D eigenvalue weighted by atomic mass is 32.1. The van der Waals surface area contributed by atoms with Gasteiger partial charge in [0, 0.05) is 27.8 Å². The highest BCUT2D eigenvalue weighted by Gasteiger charge is 2.29. The number of ketones is 2. The Labute approximate surface area is 205 Å². The minimum absolute atomic E-state index is 0.0948. The summed E-state index contributed by atoms with van der Waals surface area (Å²) in [7, 11) is 0. The molecule has 35 heavy (non-hydrogen) atoms. The average Bonchev–Trinajstić information content (AvgIpc) is 3.35. The van der Waals surface area contributed by atoms with E-state index in [1.807, 2.05) is 30.3 Å². The Morgan fingerprint density at radius 1 is 0.514 bits per heavy atom. The van der Waals surface area contributed by atoms with Crippen LogP contribution in [0.3, 0.4) is 0 Å². The number of benzene rings is 5. The lowest BCUT2D eigenvalue weighted by atomic mass is 9.83. The summed E-state index contributed by atoms with van der Waals surface area (Å²) >= 11 is 1.70. The lowest BCUT2D eigenvalue weighted by Gasteiger charge is -2.18. The molecule has 0 saturated carbocycles. The van der Waals surface area contributed by atoms with Crippen LogP contribution in [-0.4, -0.2) is 16.6 Å². The van der Waals surface area contributed by atoms with Crippen LogP contribution < -0.4 is 0 Å². The summed E-state index contributed by atoms with van der Waals surface area (Å²) in [5.41, 5.74) is 5.94. The van der Waals surface area contributed by atoms with Crippen molar-refractivity contribution >= 4 is 43.9 Å². The first-order valence-corrected chi connectivity index (χ1v) is 12.2. The van der Waals surface area contributed by atoms with E-state index in [0.29, 0.717) is 22.3 Å². The first-order chi connectivity index (χ1) is 17.2. The monoisotopic (exact) mass is 467 g/mol. The summed E-state index contributed by atoms with van der Waals surface area (Å²) in [6.07, 6.45) is 0. The van der Waals surface area contributed by atoms with Crippen LogP contribution in [0.15, 0.2) is 103 Å². The van der Waals surface area contributed by atoms with Gasteiger partial charge in [-0.15, -0.1) is 11.3 Å². The highest BCUT2D eigenvalue weighted by molar-refractivity contribution is 7.21. The molecule has 1 heterocycles. The third-order valence-electron chi connectivity index (χ3n) is 6.64. The molecule has 0 bridgehead atoms. The van der Waals surface area contributed by atoms with E-state index in [-0.39, 0.29) is 11.6 Å². The lowest BCUT2D eigenvalue weighted by Crippen LogP contribution is -2.20. The zero-order chi connectivity index (χ0) is 23.5. The normalized spacial score (nSPS) is 12.7. The zero-order valence-electron chi connectivity index (χ0n) is 18.5. The Hall–Kier alpha value is -4.41. The van der Waals surface area contributed by atoms with Crippen molar-refractivity contribution in [1.82, 2.24) is 4.98 Å². The third kappa shape index (κ3) is 3.15. The Bertz CT molecular complexity index is 1810. The molecule has 1 aromatic heterocycles. The SMILES string of the molecule is O=C1c2ccccc2C(=O)c2cc(-c3ccc4cc(-c5nc6ccccc6s5)ccc4c3)ccc21. The van der Waals surface area contributed by atoms with Gasteiger partial charge in [0.05, 0.1) is 10.2 Å². The van der Waals surface area contributed by atoms with E-state index in [4.69, 9.17) is 4.98 Å². The van der Waals surface area contributed by atoms with Crippen molar-refractivity contribution in [3.05, 3.63) is 125 Å². The lowest BCUT2D eigenvalue weighted by molar-refractivity contribution is 0.0979. The van der Waals surface area contributed by atoms with Gasteiger partial charge in [-0.05, 0) is 58.3 Å². The van der Waals surface area contributed by atoms with E-state index >= 15 is 0 Å². The fraction of sp³-hybridized carbons (Fsp3) is 0. The van der Waals surface area contributed by atoms with Gasteiger partial charge in [0.25, 0.3) is 0 Å². The standard InChI is InChI=1S/C31H17NO2S/c33-29-23-5-1-2-6-24(23)30(34)26-17-21(13-14-25(26)29)19-9-10-20-16-22(12-11-18(20)15-19)31-32-27-7-3-4-8-28(27)35-31/h1-17H. The first-order valence-electron chi connectivity index (χ1n) is 11.4. The molecule has 0 aliphatic heterocycles. The summed E-state index contributed by atoms with van der Waals surface area (Å²) < 4.78 is 1.18. The van der Waals surface area contributed by atoms with Gasteiger partial charge in [0.15, 0.2) is 11.6 Å². The van der Waals surface area contributed by atoms with Gasteiger partial charge >= 0.3 is 0 Å². The van der Waals surface area contributed by atoms with Crippen molar-refractivity contribution in [1.29, 1.82) is 0 Å². The number of para-hydroxylation sites is 1. The number of hydrogen-bond acceptors (Lipinski definition) is 4. The van der Waals surface area contributed by atoms with E-state index in [9.17, 15) is 9.59 Å². The Kier molecular flexibility index (Phi) is 4.32. The number of aromatic nitrogens is 1. The molecule has 0 amide bonds. The molecule has 0 fully saturated rings. The highest BCUT2D eigenvalue weighted by Crippen LogP contribution is 2.34. The molecule has 0 saturated heterocycles. The van der Waals surface area contributed by atoms with E-state index in [2.05, 4.69) is 42.5 Å². The van der Waals surface area contributed by atoms with Crippen LogP contribution in [0, 0.1) is 0 Å². The number of carbonyl (C=O) groups is 2. The minimum Gasteiger partial charge on any atom is -0.289 e. The Morgan fingerprint density at radius 2 is 1.09 bits per heavy atom. The van der Waals surface area contributed by atoms with Crippen molar-refractivity contribution in [3.63, 3.8) is 0 Å². The predicted molar refractivity (Wildman–Crippen MR) is 141 cm³/mol. The van der Waals surface area contributed by atoms with E-state index < -0.39 is 0 Å². The molecule has 0 spiro atoms. The van der Waals surface area contributed by atoms with Crippen LogP contribution in [0.2, 0.25) is 0 Å². The second kappa shape index (κ2) is 7.55. The summed E-state index contributed by atoms with van der Waals surface area (Å²) in [6, 6.07) is 33.5. The second-order valence-corrected chi connectivity index (χ2v) is 9.76. The van der Waals surface area contributed by atoms with Gasteiger partial charge in [0.2, 0.25) is 0 Å². The number of rotatable bonds is 2. The van der Waals surface area contributed by atoms with Crippen molar-refractivity contribution in [3.8, 4) is 21.7 Å². The van der Waals surface area contributed by atoms with Gasteiger partial charge in [-0.2, -0.15) is 0 Å². The van der Waals surface area contributed by atoms with Crippen LogP contribution >= 0.6 is 11.3 Å². The van der Waals surface area contributed by atoms with Crippen LogP contribution in [0.5, 0.6) is 0 Å². The van der Waals surface area contributed by atoms with E-state index in [0.717, 1.165) is 38.0 Å². The van der Waals surface area contributed by atoms with Crippen LogP contribution in [-0.2, 0) is 0 Å². The van der Waals surface area contributed by atoms with Crippen molar-refractivity contribution in [2.75, 3.05) is 0 Å². The second-order valence-electron chi connectivity index (χ2n) is 8.73. The molecule has 1 aliphatic rings. The fourth-order valence-electron chi connectivity index (χ4n) is 4.83. The van der Waals surface area contributed by atoms with Crippen LogP contribution in [0.1, 0.15) is 31.8 Å². The van der Waals surface area contributed by atoms with Crippen molar-refractivity contribution < 1.29 is 9.59 Å². The molecule has 0 atom stereocenters.